The first kappa shape index (κ1) is 8.10. The zero-order chi connectivity index (χ0) is 9.59. The molecule has 1 heterocycles. The second-order valence-electron chi connectivity index (χ2n) is 3.39. The van der Waals surface area contributed by atoms with Crippen LogP contribution in [0, 0.1) is 13.8 Å². The summed E-state index contributed by atoms with van der Waals surface area (Å²) in [7, 11) is 1.79. The summed E-state index contributed by atoms with van der Waals surface area (Å²) in [6.07, 6.45) is 0. The zero-order valence-electron chi connectivity index (χ0n) is 8.01. The number of rotatable bonds is 0. The normalized spacial score (nSPS) is 11.0. The molecule has 0 saturated heterocycles. The lowest BCUT2D eigenvalue weighted by Gasteiger charge is -2.02. The number of imidazole rings is 1. The maximum atomic E-state index is 11.3. The van der Waals surface area contributed by atoms with Crippen LogP contribution >= 0.6 is 0 Å². The van der Waals surface area contributed by atoms with E-state index in [4.69, 9.17) is 0 Å². The third kappa shape index (κ3) is 1.00. The van der Waals surface area contributed by atoms with Crippen LogP contribution in [-0.4, -0.2) is 9.55 Å². The van der Waals surface area contributed by atoms with Crippen LogP contribution in [0.2, 0.25) is 0 Å². The van der Waals surface area contributed by atoms with Crippen molar-refractivity contribution in [1.29, 1.82) is 0 Å². The number of hydrogen-bond donors (Lipinski definition) is 1. The number of nitrogens with one attached hydrogen (secondary N) is 1. The highest BCUT2D eigenvalue weighted by atomic mass is 16.1. The topological polar surface area (TPSA) is 37.8 Å². The lowest BCUT2D eigenvalue weighted by atomic mass is 10.1. The van der Waals surface area contributed by atoms with Gasteiger partial charge in [-0.1, -0.05) is 6.07 Å². The molecule has 0 unspecified atom stereocenters. The summed E-state index contributed by atoms with van der Waals surface area (Å²) in [5.41, 5.74) is 4.24. The average Bonchev–Trinajstić information content (AvgIpc) is 2.37. The van der Waals surface area contributed by atoms with Gasteiger partial charge in [0.25, 0.3) is 0 Å². The van der Waals surface area contributed by atoms with Gasteiger partial charge < -0.3 is 4.98 Å². The molecular weight excluding hydrogens is 164 g/mol. The Morgan fingerprint density at radius 3 is 2.69 bits per heavy atom. The van der Waals surface area contributed by atoms with Crippen LogP contribution < -0.4 is 5.69 Å². The fraction of sp³-hybridized carbons (Fsp3) is 0.300. The van der Waals surface area contributed by atoms with E-state index in [1.54, 1.807) is 11.6 Å². The largest absolute Gasteiger partial charge is 0.326 e. The van der Waals surface area contributed by atoms with Gasteiger partial charge in [0.2, 0.25) is 0 Å². The van der Waals surface area contributed by atoms with Crippen molar-refractivity contribution in [3.8, 4) is 0 Å². The monoisotopic (exact) mass is 176 g/mol. The van der Waals surface area contributed by atoms with E-state index in [-0.39, 0.29) is 5.69 Å². The molecule has 3 heteroatoms. The van der Waals surface area contributed by atoms with E-state index in [9.17, 15) is 4.79 Å². The van der Waals surface area contributed by atoms with Gasteiger partial charge in [-0.15, -0.1) is 0 Å². The first-order chi connectivity index (χ1) is 6.11. The number of aryl methyl sites for hydroxylation is 3. The first-order valence-electron chi connectivity index (χ1n) is 4.26. The number of H-pyrrole nitrogens is 1. The molecular formula is C10H12N2O. The lowest BCUT2D eigenvalue weighted by molar-refractivity contribution is 0.888. The summed E-state index contributed by atoms with van der Waals surface area (Å²) < 4.78 is 1.65. The fourth-order valence-corrected chi connectivity index (χ4v) is 1.63. The maximum Gasteiger partial charge on any atom is 0.326 e. The standard InChI is InChI=1S/C10H12N2O/c1-6-4-5-8-9(7(6)2)12(3)10(13)11-8/h4-5H,1-3H3,(H,11,13). The van der Waals surface area contributed by atoms with Crippen molar-refractivity contribution in [3.05, 3.63) is 33.7 Å². The molecule has 0 amide bonds. The number of nitrogens with zero attached hydrogens (tertiary/aromatic N) is 1. The maximum absolute atomic E-state index is 11.3. The zero-order valence-corrected chi connectivity index (χ0v) is 8.01. The van der Waals surface area contributed by atoms with Crippen LogP contribution in [0.25, 0.3) is 11.0 Å². The van der Waals surface area contributed by atoms with Crippen LogP contribution in [-0.2, 0) is 7.05 Å². The van der Waals surface area contributed by atoms with Crippen LogP contribution in [0.3, 0.4) is 0 Å². The Bertz CT molecular complexity index is 519. The minimum absolute atomic E-state index is 0.0521. The Balaban J connectivity index is 3.05. The quantitative estimate of drug-likeness (QED) is 0.648. The van der Waals surface area contributed by atoms with E-state index in [0.29, 0.717) is 0 Å². The third-order valence-electron chi connectivity index (χ3n) is 2.58. The Morgan fingerprint density at radius 1 is 1.31 bits per heavy atom. The van der Waals surface area contributed by atoms with Gasteiger partial charge in [-0.25, -0.2) is 4.79 Å². The molecule has 0 aliphatic heterocycles. The third-order valence-corrected chi connectivity index (χ3v) is 2.58. The van der Waals surface area contributed by atoms with Crippen molar-refractivity contribution in [3.63, 3.8) is 0 Å². The molecule has 1 aromatic heterocycles. The van der Waals surface area contributed by atoms with E-state index < -0.39 is 0 Å². The number of hydrogen-bond acceptors (Lipinski definition) is 1. The minimum atomic E-state index is -0.0521. The molecule has 0 aliphatic carbocycles. The number of aromatic amines is 1. The van der Waals surface area contributed by atoms with Gasteiger partial charge in [-0.3, -0.25) is 4.57 Å². The molecule has 68 valence electrons. The van der Waals surface area contributed by atoms with Crippen molar-refractivity contribution in [2.75, 3.05) is 0 Å². The summed E-state index contributed by atoms with van der Waals surface area (Å²) in [4.78, 5) is 14.1. The first-order valence-corrected chi connectivity index (χ1v) is 4.26. The molecule has 1 aromatic carbocycles. The number of aromatic nitrogens is 2. The van der Waals surface area contributed by atoms with Gasteiger partial charge in [-0.05, 0) is 31.0 Å². The van der Waals surface area contributed by atoms with E-state index in [0.717, 1.165) is 11.0 Å². The van der Waals surface area contributed by atoms with Gasteiger partial charge >= 0.3 is 5.69 Å². The predicted molar refractivity (Wildman–Crippen MR) is 53.0 cm³/mol. The van der Waals surface area contributed by atoms with Crippen LogP contribution in [0.5, 0.6) is 0 Å². The average molecular weight is 176 g/mol. The van der Waals surface area contributed by atoms with Crippen LogP contribution in [0.4, 0.5) is 0 Å². The number of fused-ring (bicyclic) bond motifs is 1. The van der Waals surface area contributed by atoms with E-state index in [2.05, 4.69) is 4.98 Å². The fourth-order valence-electron chi connectivity index (χ4n) is 1.63. The minimum Gasteiger partial charge on any atom is -0.306 e. The predicted octanol–water partition coefficient (Wildman–Crippen LogP) is 1.48. The molecule has 0 atom stereocenters. The molecule has 0 aliphatic rings. The van der Waals surface area contributed by atoms with E-state index in [1.165, 1.54) is 11.1 Å². The number of benzene rings is 1. The highest BCUT2D eigenvalue weighted by Gasteiger charge is 2.06. The molecule has 13 heavy (non-hydrogen) atoms. The van der Waals surface area contributed by atoms with E-state index in [1.807, 2.05) is 26.0 Å². The van der Waals surface area contributed by atoms with Crippen molar-refractivity contribution in [2.24, 2.45) is 7.05 Å². The molecule has 1 N–H and O–H groups in total. The summed E-state index contributed by atoms with van der Waals surface area (Å²) >= 11 is 0. The summed E-state index contributed by atoms with van der Waals surface area (Å²) in [5.74, 6) is 0. The van der Waals surface area contributed by atoms with Gasteiger partial charge in [0.15, 0.2) is 0 Å². The van der Waals surface area contributed by atoms with Crippen molar-refractivity contribution >= 4 is 11.0 Å². The molecule has 0 fully saturated rings. The molecule has 0 spiro atoms. The van der Waals surface area contributed by atoms with Gasteiger partial charge in [0, 0.05) is 7.05 Å². The lowest BCUT2D eigenvalue weighted by Crippen LogP contribution is -2.12. The van der Waals surface area contributed by atoms with Crippen molar-refractivity contribution in [1.82, 2.24) is 9.55 Å². The van der Waals surface area contributed by atoms with Crippen molar-refractivity contribution < 1.29 is 0 Å². The Morgan fingerprint density at radius 2 is 2.00 bits per heavy atom. The molecule has 0 bridgehead atoms. The SMILES string of the molecule is Cc1ccc2[nH]c(=O)n(C)c2c1C. The molecule has 2 aromatic rings. The van der Waals surface area contributed by atoms with Gasteiger partial charge in [0.05, 0.1) is 11.0 Å². The van der Waals surface area contributed by atoms with Gasteiger partial charge in [-0.2, -0.15) is 0 Å². The Kier molecular flexibility index (Phi) is 1.55. The van der Waals surface area contributed by atoms with Crippen LogP contribution in [0.1, 0.15) is 11.1 Å². The highest BCUT2D eigenvalue weighted by Crippen LogP contribution is 2.17. The highest BCUT2D eigenvalue weighted by molar-refractivity contribution is 5.79. The molecule has 0 radical (unpaired) electrons. The Labute approximate surface area is 76.0 Å². The van der Waals surface area contributed by atoms with E-state index >= 15 is 0 Å². The van der Waals surface area contributed by atoms with Crippen molar-refractivity contribution in [2.45, 2.75) is 13.8 Å². The summed E-state index contributed by atoms with van der Waals surface area (Å²) in [6, 6.07) is 3.96. The Hall–Kier alpha value is -1.51. The van der Waals surface area contributed by atoms with Gasteiger partial charge in [0.1, 0.15) is 0 Å². The second kappa shape index (κ2) is 2.49. The molecule has 0 saturated carbocycles. The second-order valence-corrected chi connectivity index (χ2v) is 3.39. The molecule has 3 nitrogen and oxygen atoms in total. The summed E-state index contributed by atoms with van der Waals surface area (Å²) in [6.45, 7) is 4.08. The molecule has 2 rings (SSSR count). The smallest absolute Gasteiger partial charge is 0.306 e. The summed E-state index contributed by atoms with van der Waals surface area (Å²) in [5, 5.41) is 0. The van der Waals surface area contributed by atoms with Crippen LogP contribution in [0.15, 0.2) is 16.9 Å².